The zero-order valence-corrected chi connectivity index (χ0v) is 17.1. The Bertz CT molecular complexity index is 1190. The molecule has 0 atom stereocenters. The highest BCUT2D eigenvalue weighted by Gasteiger charge is 2.50. The van der Waals surface area contributed by atoms with Crippen molar-refractivity contribution in [1.82, 2.24) is 19.0 Å². The molecule has 3 aromatic rings. The maximum atomic E-state index is 12.8. The second kappa shape index (κ2) is 7.19. The summed E-state index contributed by atoms with van der Waals surface area (Å²) in [5.41, 5.74) is 2.14. The van der Waals surface area contributed by atoms with Crippen LogP contribution in [-0.2, 0) is 21.3 Å². The van der Waals surface area contributed by atoms with Gasteiger partial charge in [0.1, 0.15) is 5.65 Å². The number of aromatic nitrogens is 2. The summed E-state index contributed by atoms with van der Waals surface area (Å²) in [5.74, 6) is -0.202. The van der Waals surface area contributed by atoms with Gasteiger partial charge in [0, 0.05) is 50.2 Å². The number of rotatable bonds is 5. The Morgan fingerprint density at radius 2 is 1.97 bits per heavy atom. The monoisotopic (exact) mass is 426 g/mol. The molecule has 1 amide bonds. The number of sulfonamides is 1. The number of nitrogens with zero attached hydrogens (tertiary/aromatic N) is 3. The van der Waals surface area contributed by atoms with Crippen molar-refractivity contribution in [2.24, 2.45) is 5.41 Å². The molecule has 0 unspecified atom stereocenters. The summed E-state index contributed by atoms with van der Waals surface area (Å²) in [5, 5.41) is 2.86. The van der Waals surface area contributed by atoms with Crippen LogP contribution in [0.2, 0.25) is 0 Å². The molecule has 30 heavy (non-hydrogen) atoms. The summed E-state index contributed by atoms with van der Waals surface area (Å²) in [7, 11) is -3.49. The van der Waals surface area contributed by atoms with Gasteiger partial charge in [-0.2, -0.15) is 4.31 Å². The van der Waals surface area contributed by atoms with E-state index in [2.05, 4.69) is 10.3 Å². The number of carbonyl (C=O) groups excluding carboxylic acids is 1. The van der Waals surface area contributed by atoms with Gasteiger partial charge in [0.15, 0.2) is 0 Å². The second-order valence-corrected chi connectivity index (χ2v) is 9.95. The average Bonchev–Trinajstić information content (AvgIpc) is 3.40. The van der Waals surface area contributed by atoms with Crippen molar-refractivity contribution in [2.75, 3.05) is 26.3 Å². The van der Waals surface area contributed by atoms with Gasteiger partial charge in [-0.15, -0.1) is 0 Å². The molecule has 2 aliphatic rings. The fourth-order valence-corrected chi connectivity index (χ4v) is 5.70. The van der Waals surface area contributed by atoms with Crippen LogP contribution in [0.25, 0.3) is 5.65 Å². The predicted octanol–water partition coefficient (Wildman–Crippen LogP) is 1.68. The predicted molar refractivity (Wildman–Crippen MR) is 109 cm³/mol. The zero-order chi connectivity index (χ0) is 20.8. The van der Waals surface area contributed by atoms with Crippen LogP contribution in [0.1, 0.15) is 22.3 Å². The van der Waals surface area contributed by atoms with Crippen LogP contribution < -0.4 is 5.32 Å². The van der Waals surface area contributed by atoms with Gasteiger partial charge < -0.3 is 14.5 Å². The molecule has 0 aliphatic carbocycles. The van der Waals surface area contributed by atoms with E-state index in [-0.39, 0.29) is 16.2 Å². The highest BCUT2D eigenvalue weighted by atomic mass is 32.2. The molecule has 2 fully saturated rings. The Labute approximate surface area is 174 Å². The Balaban J connectivity index is 1.21. The van der Waals surface area contributed by atoms with Crippen molar-refractivity contribution in [3.8, 4) is 0 Å². The number of carbonyl (C=O) groups is 1. The number of imidazole rings is 1. The van der Waals surface area contributed by atoms with E-state index in [4.69, 9.17) is 4.74 Å². The number of nitrogens with one attached hydrogen (secondary N) is 1. The Morgan fingerprint density at radius 3 is 2.70 bits per heavy atom. The first-order valence-electron chi connectivity index (χ1n) is 9.83. The quantitative estimate of drug-likeness (QED) is 0.670. The van der Waals surface area contributed by atoms with Crippen molar-refractivity contribution >= 4 is 21.6 Å². The molecule has 1 aromatic carbocycles. The summed E-state index contributed by atoms with van der Waals surface area (Å²) in [6.07, 6.45) is 6.10. The summed E-state index contributed by atoms with van der Waals surface area (Å²) in [6, 6.07) is 10.2. The largest absolute Gasteiger partial charge is 0.381 e. The summed E-state index contributed by atoms with van der Waals surface area (Å²) >= 11 is 0. The van der Waals surface area contributed by atoms with Crippen LogP contribution in [0.5, 0.6) is 0 Å². The SMILES string of the molecule is O=C(NCc1ccc(S(=O)(=O)N2CC3(CCOC3)C2)cc1)c1ccc2nccn2c1. The lowest BCUT2D eigenvalue weighted by atomic mass is 9.81. The maximum absolute atomic E-state index is 12.8. The first kappa shape index (κ1) is 19.2. The van der Waals surface area contributed by atoms with Gasteiger partial charge in [0.25, 0.3) is 5.91 Å². The smallest absolute Gasteiger partial charge is 0.253 e. The molecule has 0 radical (unpaired) electrons. The van der Waals surface area contributed by atoms with E-state index in [0.29, 0.717) is 38.4 Å². The topological polar surface area (TPSA) is 93.0 Å². The van der Waals surface area contributed by atoms with Crippen LogP contribution in [-0.4, -0.2) is 54.3 Å². The van der Waals surface area contributed by atoms with Crippen molar-refractivity contribution in [2.45, 2.75) is 17.9 Å². The first-order valence-corrected chi connectivity index (χ1v) is 11.3. The van der Waals surface area contributed by atoms with E-state index in [1.54, 1.807) is 59.4 Å². The fraction of sp³-hybridized carbons (Fsp3) is 0.333. The second-order valence-electron chi connectivity index (χ2n) is 8.01. The summed E-state index contributed by atoms with van der Waals surface area (Å²) in [6.45, 7) is 2.71. The molecule has 2 aromatic heterocycles. The number of ether oxygens (including phenoxy) is 1. The van der Waals surface area contributed by atoms with E-state index in [1.807, 2.05) is 0 Å². The van der Waals surface area contributed by atoms with E-state index in [1.165, 1.54) is 4.31 Å². The lowest BCUT2D eigenvalue weighted by molar-refractivity contribution is 0.0512. The Hall–Kier alpha value is -2.75. The van der Waals surface area contributed by atoms with Gasteiger partial charge in [0.05, 0.1) is 17.1 Å². The number of pyridine rings is 1. The average molecular weight is 426 g/mol. The summed E-state index contributed by atoms with van der Waals surface area (Å²) in [4.78, 5) is 16.8. The van der Waals surface area contributed by atoms with Crippen LogP contribution in [0.15, 0.2) is 59.9 Å². The third kappa shape index (κ3) is 3.38. The number of benzene rings is 1. The molecule has 2 aliphatic heterocycles. The molecule has 8 nitrogen and oxygen atoms in total. The standard InChI is InChI=1S/C21H22N4O4S/c26-20(17-3-6-19-22-8-9-24(19)12-17)23-11-16-1-4-18(5-2-16)30(27,28)25-13-21(14-25)7-10-29-15-21/h1-6,8-9,12H,7,10-11,13-15H2,(H,23,26). The van der Waals surface area contributed by atoms with E-state index >= 15 is 0 Å². The number of hydrogen-bond acceptors (Lipinski definition) is 5. The maximum Gasteiger partial charge on any atom is 0.253 e. The van der Waals surface area contributed by atoms with E-state index in [0.717, 1.165) is 17.6 Å². The molecule has 1 N–H and O–H groups in total. The minimum atomic E-state index is -3.49. The molecule has 0 bridgehead atoms. The van der Waals surface area contributed by atoms with Crippen LogP contribution in [0.4, 0.5) is 0 Å². The Kier molecular flexibility index (Phi) is 4.61. The van der Waals surface area contributed by atoms with Crippen molar-refractivity contribution in [3.05, 3.63) is 66.1 Å². The van der Waals surface area contributed by atoms with Crippen LogP contribution in [0.3, 0.4) is 0 Å². The van der Waals surface area contributed by atoms with Gasteiger partial charge in [-0.25, -0.2) is 13.4 Å². The normalized spacial score (nSPS) is 18.5. The number of amides is 1. The molecular formula is C21H22N4O4S. The minimum absolute atomic E-state index is 0.0109. The molecule has 9 heteroatoms. The van der Waals surface area contributed by atoms with Gasteiger partial charge in [-0.05, 0) is 36.2 Å². The van der Waals surface area contributed by atoms with Gasteiger partial charge in [-0.3, -0.25) is 4.79 Å². The summed E-state index contributed by atoms with van der Waals surface area (Å²) < 4.78 is 34.3. The molecule has 156 valence electrons. The first-order chi connectivity index (χ1) is 14.5. The van der Waals surface area contributed by atoms with Crippen LogP contribution in [0, 0.1) is 5.41 Å². The molecular weight excluding hydrogens is 404 g/mol. The number of hydrogen-bond donors (Lipinski definition) is 1. The van der Waals surface area contributed by atoms with Crippen LogP contribution >= 0.6 is 0 Å². The lowest BCUT2D eigenvalue weighted by Crippen LogP contribution is -2.58. The van der Waals surface area contributed by atoms with Crippen molar-refractivity contribution in [1.29, 1.82) is 0 Å². The van der Waals surface area contributed by atoms with Gasteiger partial charge >= 0.3 is 0 Å². The third-order valence-corrected chi connectivity index (χ3v) is 7.68. The highest BCUT2D eigenvalue weighted by Crippen LogP contribution is 2.41. The Morgan fingerprint density at radius 1 is 1.17 bits per heavy atom. The molecule has 4 heterocycles. The molecule has 2 saturated heterocycles. The molecule has 5 rings (SSSR count). The van der Waals surface area contributed by atoms with Gasteiger partial charge in [-0.1, -0.05) is 12.1 Å². The zero-order valence-electron chi connectivity index (χ0n) is 16.3. The minimum Gasteiger partial charge on any atom is -0.381 e. The molecule has 0 saturated carbocycles. The lowest BCUT2D eigenvalue weighted by Gasteiger charge is -2.45. The van der Waals surface area contributed by atoms with Gasteiger partial charge in [0.2, 0.25) is 10.0 Å². The highest BCUT2D eigenvalue weighted by molar-refractivity contribution is 7.89. The van der Waals surface area contributed by atoms with Crippen molar-refractivity contribution in [3.63, 3.8) is 0 Å². The third-order valence-electron chi connectivity index (χ3n) is 5.87. The van der Waals surface area contributed by atoms with E-state index < -0.39 is 10.0 Å². The van der Waals surface area contributed by atoms with Crippen molar-refractivity contribution < 1.29 is 17.9 Å². The fourth-order valence-electron chi connectivity index (χ4n) is 4.04. The molecule has 1 spiro atoms. The number of fused-ring (bicyclic) bond motifs is 1. The van der Waals surface area contributed by atoms with E-state index in [9.17, 15) is 13.2 Å².